The molecule has 0 unspecified atom stereocenters. The van der Waals surface area contributed by atoms with Gasteiger partial charge in [0.25, 0.3) is 0 Å². The second kappa shape index (κ2) is 7.12. The van der Waals surface area contributed by atoms with Gasteiger partial charge in [0.1, 0.15) is 5.78 Å². The van der Waals surface area contributed by atoms with E-state index in [4.69, 9.17) is 14.2 Å². The molecule has 4 aliphatic rings. The molecule has 7 heteroatoms. The molecule has 0 amide bonds. The van der Waals surface area contributed by atoms with Gasteiger partial charge in [-0.3, -0.25) is 4.79 Å². The quantitative estimate of drug-likeness (QED) is 0.753. The summed E-state index contributed by atoms with van der Waals surface area (Å²) in [4.78, 5) is 22.5. The maximum Gasteiger partial charge on any atom is 0.217 e. The van der Waals surface area contributed by atoms with Gasteiger partial charge in [-0.15, -0.1) is 0 Å². The Kier molecular flexibility index (Phi) is 4.46. The van der Waals surface area contributed by atoms with Crippen LogP contribution in [0.4, 0.5) is 0 Å². The molecule has 6 rings (SSSR count). The van der Waals surface area contributed by atoms with Gasteiger partial charge in [-0.1, -0.05) is 11.6 Å². The van der Waals surface area contributed by atoms with E-state index < -0.39 is 5.41 Å². The highest BCUT2D eigenvalue weighted by atomic mass is 16.5. The first kappa shape index (κ1) is 19.4. The van der Waals surface area contributed by atoms with Crippen LogP contribution in [0.5, 0.6) is 5.88 Å². The van der Waals surface area contributed by atoms with Crippen molar-refractivity contribution in [1.82, 2.24) is 15.1 Å². The number of fused-ring (bicyclic) bond motifs is 2. The summed E-state index contributed by atoms with van der Waals surface area (Å²) in [5.74, 6) is 2.60. The minimum Gasteiger partial charge on any atom is -0.477 e. The maximum absolute atomic E-state index is 12.9. The summed E-state index contributed by atoms with van der Waals surface area (Å²) in [5, 5.41) is 14.0. The summed E-state index contributed by atoms with van der Waals surface area (Å²) in [6, 6.07) is 1.94. The van der Waals surface area contributed by atoms with Crippen molar-refractivity contribution in [2.24, 2.45) is 5.41 Å². The molecule has 2 aromatic heterocycles. The zero-order valence-corrected chi connectivity index (χ0v) is 17.9. The average molecular weight is 424 g/mol. The first-order chi connectivity index (χ1) is 15.1. The predicted molar refractivity (Wildman–Crippen MR) is 112 cm³/mol. The maximum atomic E-state index is 12.9. The van der Waals surface area contributed by atoms with Crippen molar-refractivity contribution in [3.63, 3.8) is 0 Å². The average Bonchev–Trinajstić information content (AvgIpc) is 3.72. The van der Waals surface area contributed by atoms with Crippen LogP contribution in [-0.2, 0) is 16.6 Å². The second-order valence-corrected chi connectivity index (χ2v) is 10.1. The molecule has 7 nitrogen and oxygen atoms in total. The molecule has 3 fully saturated rings. The lowest BCUT2D eigenvalue weighted by Crippen LogP contribution is -2.41. The molecule has 31 heavy (non-hydrogen) atoms. The minimum absolute atomic E-state index is 0.106. The number of rotatable bonds is 6. The van der Waals surface area contributed by atoms with Gasteiger partial charge in [0, 0.05) is 29.4 Å². The lowest BCUT2D eigenvalue weighted by Gasteiger charge is -2.36. The van der Waals surface area contributed by atoms with Crippen molar-refractivity contribution in [3.05, 3.63) is 23.1 Å². The number of hydrogen-bond acceptors (Lipinski definition) is 7. The van der Waals surface area contributed by atoms with E-state index in [-0.39, 0.29) is 12.0 Å². The third-order valence-corrected chi connectivity index (χ3v) is 7.79. The summed E-state index contributed by atoms with van der Waals surface area (Å²) in [6.07, 6.45) is 10.4. The molecule has 2 heterocycles. The Morgan fingerprint density at radius 2 is 1.94 bits per heavy atom. The Labute approximate surface area is 181 Å². The Bertz CT molecular complexity index is 1020. The highest BCUT2D eigenvalue weighted by Crippen LogP contribution is 2.48. The highest BCUT2D eigenvalue weighted by Gasteiger charge is 2.48. The third kappa shape index (κ3) is 3.28. The monoisotopic (exact) mass is 423 g/mol. The van der Waals surface area contributed by atoms with Gasteiger partial charge in [-0.25, -0.2) is 4.98 Å². The number of hydrogen-bond donors (Lipinski definition) is 1. The smallest absolute Gasteiger partial charge is 0.217 e. The molecule has 0 saturated heterocycles. The van der Waals surface area contributed by atoms with Crippen LogP contribution in [0.2, 0.25) is 0 Å². The Hall–Kier alpha value is -2.28. The van der Waals surface area contributed by atoms with Crippen molar-refractivity contribution in [2.75, 3.05) is 13.2 Å². The minimum atomic E-state index is -0.496. The third-order valence-electron chi connectivity index (χ3n) is 7.79. The summed E-state index contributed by atoms with van der Waals surface area (Å²) in [7, 11) is 0. The molecule has 0 aromatic carbocycles. The van der Waals surface area contributed by atoms with E-state index in [1.807, 2.05) is 6.07 Å². The molecule has 1 N–H and O–H groups in total. The fraction of sp³-hybridized carbons (Fsp3) is 0.667. The summed E-state index contributed by atoms with van der Waals surface area (Å²) in [6.45, 7) is 0.617. The van der Waals surface area contributed by atoms with E-state index >= 15 is 0 Å². The van der Waals surface area contributed by atoms with Crippen molar-refractivity contribution in [1.29, 1.82) is 0 Å². The molecule has 1 spiro atoms. The van der Waals surface area contributed by atoms with Gasteiger partial charge in [-0.05, 0) is 57.8 Å². The number of Topliss-reactive ketones (excluding diaryl/α,β-unsaturated/α-hetero) is 1. The number of aliphatic hydroxyl groups excluding tert-OH is 1. The van der Waals surface area contributed by atoms with Crippen molar-refractivity contribution in [2.45, 2.75) is 82.0 Å². The van der Waals surface area contributed by atoms with Crippen LogP contribution in [0.15, 0.2) is 10.6 Å². The van der Waals surface area contributed by atoms with Gasteiger partial charge in [0.15, 0.2) is 17.3 Å². The number of ketones is 1. The first-order valence-corrected chi connectivity index (χ1v) is 11.8. The lowest BCUT2D eigenvalue weighted by molar-refractivity contribution is -0.128. The molecule has 2 aromatic rings. The summed E-state index contributed by atoms with van der Waals surface area (Å²) >= 11 is 0. The number of aliphatic hydroxyl groups is 1. The van der Waals surface area contributed by atoms with Crippen LogP contribution >= 0.6 is 0 Å². The lowest BCUT2D eigenvalue weighted by atomic mass is 9.64. The van der Waals surface area contributed by atoms with Gasteiger partial charge in [0.05, 0.1) is 24.3 Å². The topological polar surface area (TPSA) is 98.3 Å². The van der Waals surface area contributed by atoms with Gasteiger partial charge in [-0.2, -0.15) is 4.98 Å². The number of ether oxygens (including phenoxy) is 1. The number of carbonyl (C=O) groups excluding carboxylic acids is 1. The van der Waals surface area contributed by atoms with Crippen LogP contribution in [-0.4, -0.2) is 39.2 Å². The molecule has 0 bridgehead atoms. The van der Waals surface area contributed by atoms with E-state index in [1.165, 1.54) is 0 Å². The molecule has 4 aliphatic carbocycles. The van der Waals surface area contributed by atoms with Gasteiger partial charge >= 0.3 is 0 Å². The number of carbonyl (C=O) groups is 1. The Morgan fingerprint density at radius 1 is 1.10 bits per heavy atom. The van der Waals surface area contributed by atoms with E-state index in [1.54, 1.807) is 0 Å². The van der Waals surface area contributed by atoms with E-state index in [0.717, 1.165) is 81.2 Å². The molecular weight excluding hydrogens is 394 g/mol. The van der Waals surface area contributed by atoms with Crippen molar-refractivity contribution in [3.8, 4) is 17.4 Å². The van der Waals surface area contributed by atoms with Crippen LogP contribution in [0.25, 0.3) is 11.5 Å². The Morgan fingerprint density at radius 3 is 2.68 bits per heavy atom. The molecule has 0 aliphatic heterocycles. The first-order valence-electron chi connectivity index (χ1n) is 11.8. The number of aromatic nitrogens is 3. The van der Waals surface area contributed by atoms with E-state index in [0.29, 0.717) is 42.1 Å². The molecule has 3 saturated carbocycles. The fourth-order valence-corrected chi connectivity index (χ4v) is 5.33. The summed E-state index contributed by atoms with van der Waals surface area (Å²) < 4.78 is 11.9. The largest absolute Gasteiger partial charge is 0.477 e. The highest BCUT2D eigenvalue weighted by molar-refractivity contribution is 5.91. The van der Waals surface area contributed by atoms with Crippen molar-refractivity contribution < 1.29 is 19.2 Å². The predicted octanol–water partition coefficient (Wildman–Crippen LogP) is 3.88. The van der Waals surface area contributed by atoms with Crippen LogP contribution in [0, 0.1) is 5.41 Å². The van der Waals surface area contributed by atoms with Gasteiger partial charge < -0.3 is 14.4 Å². The molecule has 1 atom stereocenters. The van der Waals surface area contributed by atoms with Crippen LogP contribution < -0.4 is 4.74 Å². The SMILES string of the molecule is O=C1CCCC[C@@]12CCCc1c(-c3nc(OCC4(CO)CC4)cc(C4CC4)n3)noc12. The fourth-order valence-electron chi connectivity index (χ4n) is 5.33. The van der Waals surface area contributed by atoms with E-state index in [9.17, 15) is 9.90 Å². The van der Waals surface area contributed by atoms with Crippen LogP contribution in [0.1, 0.15) is 87.1 Å². The zero-order chi connectivity index (χ0) is 21.1. The second-order valence-electron chi connectivity index (χ2n) is 10.1. The summed E-state index contributed by atoms with van der Waals surface area (Å²) in [5.41, 5.74) is 2.07. The zero-order valence-electron chi connectivity index (χ0n) is 17.9. The van der Waals surface area contributed by atoms with E-state index in [2.05, 4.69) is 10.1 Å². The van der Waals surface area contributed by atoms with Crippen molar-refractivity contribution >= 4 is 5.78 Å². The van der Waals surface area contributed by atoms with Gasteiger partial charge in [0.2, 0.25) is 5.88 Å². The molecule has 0 radical (unpaired) electrons. The molecule has 164 valence electrons. The molecular formula is C24H29N3O4. The van der Waals surface area contributed by atoms with Crippen LogP contribution in [0.3, 0.4) is 0 Å². The standard InChI is InChI=1S/C24H29N3O4/c28-13-23(10-11-23)14-30-19-12-17(15-6-7-15)25-22(26-19)20-16-4-3-9-24(21(16)31-27-20)8-2-1-5-18(24)29/h12,15,28H,1-11,13-14H2/t24-/m1/s1. The Balaban J connectivity index is 1.37. The number of nitrogens with zero attached hydrogens (tertiary/aromatic N) is 3. The normalized spacial score (nSPS) is 26.7.